The summed E-state index contributed by atoms with van der Waals surface area (Å²) in [6.07, 6.45) is 2.42. The predicted octanol–water partition coefficient (Wildman–Crippen LogP) is 7.14. The van der Waals surface area contributed by atoms with E-state index in [1.165, 1.54) is 19.2 Å². The highest BCUT2D eigenvalue weighted by atomic mass is 35.5. The molecule has 46 heavy (non-hydrogen) atoms. The highest BCUT2D eigenvalue weighted by Gasteiger charge is 2.31. The average Bonchev–Trinajstić information content (AvgIpc) is 3.56. The SMILES string of the molecule is COC(=O)[C@@H]1CCCCN1Cc1cc([N+](=O)[O-])c(OCc2cccc(-c3ccccc3)c2Cl)cc1OCc1ccc2nonc2c1. The number of rotatable bonds is 11. The molecule has 0 N–H and O–H groups in total. The second-order valence-corrected chi connectivity index (χ2v) is 11.4. The van der Waals surface area contributed by atoms with Gasteiger partial charge in [0.1, 0.15) is 36.0 Å². The Labute approximate surface area is 269 Å². The number of benzene rings is 4. The number of fused-ring (bicyclic) bond motifs is 1. The Bertz CT molecular complexity index is 1860. The second kappa shape index (κ2) is 14.0. The number of nitrogens with zero attached hydrogens (tertiary/aromatic N) is 4. The number of piperidine rings is 1. The standard InChI is InChI=1S/C34H31ClN4O7/c1-43-34(40)29-12-5-6-15-38(29)19-25-17-30(39(41)42)32(18-31(25)44-20-22-13-14-27-28(16-22)37-46-36-27)45-21-24-10-7-11-26(33(24)35)23-8-3-2-4-9-23/h2-4,7-11,13-14,16-18,29H,5-6,12,15,19-21H2,1H3/t29-/m0/s1. The highest BCUT2D eigenvalue weighted by Crippen LogP contribution is 2.38. The third-order valence-electron chi connectivity index (χ3n) is 8.06. The molecule has 1 fully saturated rings. The first-order valence-electron chi connectivity index (χ1n) is 14.8. The molecule has 0 saturated carbocycles. The number of likely N-dealkylation sites (tertiary alicyclic amines) is 1. The minimum absolute atomic E-state index is 0.00843. The molecule has 0 unspecified atom stereocenters. The van der Waals surface area contributed by atoms with Gasteiger partial charge in [-0.1, -0.05) is 72.6 Å². The van der Waals surface area contributed by atoms with Gasteiger partial charge in [-0.2, -0.15) is 0 Å². The van der Waals surface area contributed by atoms with E-state index in [1.54, 1.807) is 12.1 Å². The molecule has 0 aliphatic carbocycles. The normalized spacial score (nSPS) is 15.0. The maximum absolute atomic E-state index is 12.6. The molecule has 11 nitrogen and oxygen atoms in total. The molecule has 0 bridgehead atoms. The number of carbonyl (C=O) groups is 1. The van der Waals surface area contributed by atoms with Crippen LogP contribution in [0, 0.1) is 10.1 Å². The lowest BCUT2D eigenvalue weighted by Gasteiger charge is -2.34. The van der Waals surface area contributed by atoms with E-state index < -0.39 is 11.0 Å². The molecule has 2 heterocycles. The maximum atomic E-state index is 12.6. The molecule has 4 aromatic carbocycles. The zero-order valence-electron chi connectivity index (χ0n) is 25.1. The minimum Gasteiger partial charge on any atom is -0.488 e. The number of aromatic nitrogens is 2. The number of carbonyl (C=O) groups excluding carboxylic acids is 1. The Morgan fingerprint density at radius 2 is 1.76 bits per heavy atom. The molecule has 236 valence electrons. The molecule has 6 rings (SSSR count). The summed E-state index contributed by atoms with van der Waals surface area (Å²) in [4.78, 5) is 26.4. The number of esters is 1. The fourth-order valence-corrected chi connectivity index (χ4v) is 5.97. The van der Waals surface area contributed by atoms with Crippen molar-refractivity contribution in [3.63, 3.8) is 0 Å². The number of nitro groups is 1. The topological polar surface area (TPSA) is 130 Å². The van der Waals surface area contributed by atoms with Crippen LogP contribution < -0.4 is 9.47 Å². The van der Waals surface area contributed by atoms with E-state index in [-0.39, 0.29) is 37.2 Å². The summed E-state index contributed by atoms with van der Waals surface area (Å²) in [6.45, 7) is 1.01. The smallest absolute Gasteiger partial charge is 0.323 e. The first-order valence-corrected chi connectivity index (χ1v) is 15.2. The van der Waals surface area contributed by atoms with E-state index >= 15 is 0 Å². The lowest BCUT2D eigenvalue weighted by Crippen LogP contribution is -2.44. The van der Waals surface area contributed by atoms with E-state index in [0.717, 1.165) is 29.5 Å². The number of ether oxygens (including phenoxy) is 3. The lowest BCUT2D eigenvalue weighted by atomic mass is 10.0. The summed E-state index contributed by atoms with van der Waals surface area (Å²) in [5.41, 5.74) is 4.77. The Hall–Kier alpha value is -5.00. The van der Waals surface area contributed by atoms with Crippen LogP contribution in [0.4, 0.5) is 5.69 Å². The van der Waals surface area contributed by atoms with Gasteiger partial charge in [-0.3, -0.25) is 19.8 Å². The van der Waals surface area contributed by atoms with Gasteiger partial charge in [-0.25, -0.2) is 4.63 Å². The van der Waals surface area contributed by atoms with Crippen LogP contribution >= 0.6 is 11.6 Å². The van der Waals surface area contributed by atoms with Crippen molar-refractivity contribution < 1.29 is 28.6 Å². The first kappa shape index (κ1) is 31.0. The summed E-state index contributed by atoms with van der Waals surface area (Å²) in [5.74, 6) is 0.0855. The van der Waals surface area contributed by atoms with Crippen molar-refractivity contribution in [3.05, 3.63) is 111 Å². The van der Waals surface area contributed by atoms with Gasteiger partial charge in [-0.05, 0) is 53.0 Å². The molecule has 0 radical (unpaired) electrons. The van der Waals surface area contributed by atoms with Gasteiger partial charge in [0.2, 0.25) is 5.75 Å². The zero-order valence-corrected chi connectivity index (χ0v) is 25.8. The van der Waals surface area contributed by atoms with Crippen LogP contribution in [0.15, 0.2) is 83.5 Å². The molecular formula is C34H31ClN4O7. The van der Waals surface area contributed by atoms with Crippen molar-refractivity contribution in [2.24, 2.45) is 0 Å². The van der Waals surface area contributed by atoms with Crippen LogP contribution in [0.5, 0.6) is 11.5 Å². The Balaban J connectivity index is 1.32. The van der Waals surface area contributed by atoms with E-state index in [2.05, 4.69) is 10.3 Å². The van der Waals surface area contributed by atoms with Gasteiger partial charge in [0.25, 0.3) is 0 Å². The second-order valence-electron chi connectivity index (χ2n) is 11.0. The number of methoxy groups -OCH3 is 1. The summed E-state index contributed by atoms with van der Waals surface area (Å²) in [7, 11) is 1.36. The van der Waals surface area contributed by atoms with Gasteiger partial charge in [-0.15, -0.1) is 0 Å². The van der Waals surface area contributed by atoms with Crippen molar-refractivity contribution in [1.82, 2.24) is 15.2 Å². The van der Waals surface area contributed by atoms with Crippen LogP contribution in [-0.2, 0) is 29.3 Å². The maximum Gasteiger partial charge on any atom is 0.323 e. The molecule has 0 spiro atoms. The molecule has 12 heteroatoms. The van der Waals surface area contributed by atoms with Crippen LogP contribution in [-0.4, -0.2) is 45.8 Å². The number of halogens is 1. The Morgan fingerprint density at radius 1 is 0.957 bits per heavy atom. The summed E-state index contributed by atoms with van der Waals surface area (Å²) in [5, 5.41) is 20.6. The van der Waals surface area contributed by atoms with Gasteiger partial charge in [0.05, 0.1) is 17.1 Å². The van der Waals surface area contributed by atoms with E-state index in [1.807, 2.05) is 59.5 Å². The predicted molar refractivity (Wildman–Crippen MR) is 171 cm³/mol. The summed E-state index contributed by atoms with van der Waals surface area (Å²) in [6, 6.07) is 23.3. The fraction of sp³-hybridized carbons (Fsp3) is 0.265. The molecule has 1 aliphatic heterocycles. The molecule has 1 atom stereocenters. The van der Waals surface area contributed by atoms with Crippen molar-refractivity contribution in [2.75, 3.05) is 13.7 Å². The third kappa shape index (κ3) is 6.80. The molecule has 5 aromatic rings. The van der Waals surface area contributed by atoms with Crippen LogP contribution in [0.25, 0.3) is 22.2 Å². The number of hydrogen-bond donors (Lipinski definition) is 0. The van der Waals surface area contributed by atoms with Crippen LogP contribution in [0.2, 0.25) is 5.02 Å². The average molecular weight is 643 g/mol. The first-order chi connectivity index (χ1) is 22.4. The number of hydrogen-bond acceptors (Lipinski definition) is 10. The molecule has 0 amide bonds. The molecule has 1 aliphatic rings. The zero-order chi connectivity index (χ0) is 32.0. The van der Waals surface area contributed by atoms with Gasteiger partial charge in [0.15, 0.2) is 0 Å². The van der Waals surface area contributed by atoms with Crippen molar-refractivity contribution in [3.8, 4) is 22.6 Å². The summed E-state index contributed by atoms with van der Waals surface area (Å²) < 4.78 is 22.2. The summed E-state index contributed by atoms with van der Waals surface area (Å²) >= 11 is 6.78. The van der Waals surface area contributed by atoms with E-state index in [9.17, 15) is 14.9 Å². The fourth-order valence-electron chi connectivity index (χ4n) is 5.68. The third-order valence-corrected chi connectivity index (χ3v) is 8.50. The molecule has 1 aromatic heterocycles. The minimum atomic E-state index is -0.482. The van der Waals surface area contributed by atoms with E-state index in [0.29, 0.717) is 45.9 Å². The molecular weight excluding hydrogens is 612 g/mol. The Morgan fingerprint density at radius 3 is 2.57 bits per heavy atom. The van der Waals surface area contributed by atoms with Gasteiger partial charge >= 0.3 is 11.7 Å². The van der Waals surface area contributed by atoms with Crippen LogP contribution in [0.3, 0.4) is 0 Å². The lowest BCUT2D eigenvalue weighted by molar-refractivity contribution is -0.386. The van der Waals surface area contributed by atoms with Gasteiger partial charge in [0, 0.05) is 35.4 Å². The molecule has 1 saturated heterocycles. The van der Waals surface area contributed by atoms with Crippen molar-refractivity contribution >= 4 is 34.3 Å². The largest absolute Gasteiger partial charge is 0.488 e. The Kier molecular flexibility index (Phi) is 9.41. The van der Waals surface area contributed by atoms with Gasteiger partial charge < -0.3 is 14.2 Å². The number of nitro benzene ring substituents is 1. The van der Waals surface area contributed by atoms with Crippen LogP contribution in [0.1, 0.15) is 36.0 Å². The van der Waals surface area contributed by atoms with Crippen molar-refractivity contribution in [1.29, 1.82) is 0 Å². The monoisotopic (exact) mass is 642 g/mol. The highest BCUT2D eigenvalue weighted by molar-refractivity contribution is 6.34. The quantitative estimate of drug-likeness (QED) is 0.0832. The van der Waals surface area contributed by atoms with Crippen molar-refractivity contribution in [2.45, 2.75) is 45.1 Å². The van der Waals surface area contributed by atoms with E-state index in [4.69, 9.17) is 30.4 Å².